The van der Waals surface area contributed by atoms with Crippen molar-refractivity contribution in [1.29, 1.82) is 0 Å². The minimum absolute atomic E-state index is 0.257. The van der Waals surface area contributed by atoms with E-state index in [1.807, 2.05) is 36.4 Å². The lowest BCUT2D eigenvalue weighted by molar-refractivity contribution is 0.414. The highest BCUT2D eigenvalue weighted by atomic mass is 35.5. The molecule has 0 radical (unpaired) electrons. The van der Waals surface area contributed by atoms with Gasteiger partial charge in [-0.1, -0.05) is 23.7 Å². The second-order valence-corrected chi connectivity index (χ2v) is 5.23. The van der Waals surface area contributed by atoms with Crippen LogP contribution in [0, 0.1) is 0 Å². The molecule has 2 aromatic carbocycles. The van der Waals surface area contributed by atoms with Crippen LogP contribution in [0.25, 0.3) is 11.4 Å². The molecule has 3 rings (SSSR count). The van der Waals surface area contributed by atoms with Gasteiger partial charge in [0.25, 0.3) is 0 Å². The molecule has 0 aliphatic rings. The summed E-state index contributed by atoms with van der Waals surface area (Å²) in [7, 11) is 1.61. The van der Waals surface area contributed by atoms with Gasteiger partial charge in [-0.2, -0.15) is 5.10 Å². The van der Waals surface area contributed by atoms with E-state index in [0.717, 1.165) is 16.9 Å². The molecule has 0 atom stereocenters. The molecular formula is C16H14ClN3O2. The maximum Gasteiger partial charge on any atom is 0.343 e. The normalized spacial score (nSPS) is 10.6. The molecule has 112 valence electrons. The van der Waals surface area contributed by atoms with Gasteiger partial charge in [-0.05, 0) is 42.0 Å². The summed E-state index contributed by atoms with van der Waals surface area (Å²) in [5.41, 5.74) is 1.52. The number of hydrogen-bond acceptors (Lipinski definition) is 3. The standard InChI is InChI=1S/C16H14ClN3O2/c1-22-14-4-2-3-11(9-14)10-20-15(18-19-16(20)21)12-5-7-13(17)8-6-12/h2-9H,10H2,1H3,(H,19,21). The predicted octanol–water partition coefficient (Wildman–Crippen LogP) is 2.95. The first kappa shape index (κ1) is 14.4. The fourth-order valence-corrected chi connectivity index (χ4v) is 2.36. The van der Waals surface area contributed by atoms with Crippen LogP contribution in [0.15, 0.2) is 53.3 Å². The molecule has 0 saturated heterocycles. The Balaban J connectivity index is 1.98. The molecule has 3 aromatic rings. The summed E-state index contributed by atoms with van der Waals surface area (Å²) in [6, 6.07) is 14.8. The van der Waals surface area contributed by atoms with Gasteiger partial charge in [0, 0.05) is 10.6 Å². The summed E-state index contributed by atoms with van der Waals surface area (Å²) in [5.74, 6) is 1.33. The van der Waals surface area contributed by atoms with Crippen LogP contribution in [0.2, 0.25) is 5.02 Å². The van der Waals surface area contributed by atoms with E-state index in [1.165, 1.54) is 0 Å². The van der Waals surface area contributed by atoms with Crippen molar-refractivity contribution in [1.82, 2.24) is 14.8 Å². The Labute approximate surface area is 132 Å². The Morgan fingerprint density at radius 3 is 2.73 bits per heavy atom. The van der Waals surface area contributed by atoms with Crippen LogP contribution in [0.3, 0.4) is 0 Å². The van der Waals surface area contributed by atoms with Gasteiger partial charge < -0.3 is 4.74 Å². The number of H-pyrrole nitrogens is 1. The molecular weight excluding hydrogens is 302 g/mol. The molecule has 0 spiro atoms. The van der Waals surface area contributed by atoms with Crippen molar-refractivity contribution in [3.8, 4) is 17.1 Å². The van der Waals surface area contributed by atoms with Gasteiger partial charge in [0.1, 0.15) is 5.75 Å². The first-order valence-electron chi connectivity index (χ1n) is 6.71. The first-order chi connectivity index (χ1) is 10.7. The van der Waals surface area contributed by atoms with Gasteiger partial charge in [-0.15, -0.1) is 0 Å². The third-order valence-electron chi connectivity index (χ3n) is 3.34. The summed E-state index contributed by atoms with van der Waals surface area (Å²) in [6.45, 7) is 0.407. The van der Waals surface area contributed by atoms with Crippen LogP contribution in [-0.4, -0.2) is 21.9 Å². The molecule has 0 bridgehead atoms. The summed E-state index contributed by atoms with van der Waals surface area (Å²) >= 11 is 5.90. The Bertz CT molecular complexity index is 837. The van der Waals surface area contributed by atoms with Crippen LogP contribution in [0.5, 0.6) is 5.75 Å². The lowest BCUT2D eigenvalue weighted by Gasteiger charge is -2.07. The average molecular weight is 316 g/mol. The van der Waals surface area contributed by atoms with Gasteiger partial charge in [0.2, 0.25) is 0 Å². The van der Waals surface area contributed by atoms with Crippen molar-refractivity contribution in [2.75, 3.05) is 7.11 Å². The molecule has 1 aromatic heterocycles. The lowest BCUT2D eigenvalue weighted by Crippen LogP contribution is -2.18. The fraction of sp³-hybridized carbons (Fsp3) is 0.125. The second kappa shape index (κ2) is 6.07. The highest BCUT2D eigenvalue weighted by molar-refractivity contribution is 6.30. The van der Waals surface area contributed by atoms with Crippen molar-refractivity contribution in [3.63, 3.8) is 0 Å². The van der Waals surface area contributed by atoms with Crippen molar-refractivity contribution in [3.05, 3.63) is 69.6 Å². The minimum atomic E-state index is -0.257. The van der Waals surface area contributed by atoms with E-state index >= 15 is 0 Å². The topological polar surface area (TPSA) is 59.9 Å². The Morgan fingerprint density at radius 2 is 2.00 bits per heavy atom. The molecule has 0 amide bonds. The third-order valence-corrected chi connectivity index (χ3v) is 3.59. The highest BCUT2D eigenvalue weighted by Gasteiger charge is 2.11. The van der Waals surface area contributed by atoms with Gasteiger partial charge in [-0.25, -0.2) is 9.89 Å². The van der Waals surface area contributed by atoms with Crippen molar-refractivity contribution < 1.29 is 4.74 Å². The van der Waals surface area contributed by atoms with Gasteiger partial charge in [0.05, 0.1) is 13.7 Å². The average Bonchev–Trinajstić information content (AvgIpc) is 2.89. The van der Waals surface area contributed by atoms with E-state index in [4.69, 9.17) is 16.3 Å². The zero-order valence-corrected chi connectivity index (χ0v) is 12.7. The van der Waals surface area contributed by atoms with Crippen LogP contribution < -0.4 is 10.4 Å². The predicted molar refractivity (Wildman–Crippen MR) is 85.4 cm³/mol. The number of nitrogens with one attached hydrogen (secondary N) is 1. The van der Waals surface area contributed by atoms with Crippen LogP contribution in [0.1, 0.15) is 5.56 Å². The van der Waals surface area contributed by atoms with E-state index in [1.54, 1.807) is 23.8 Å². The third kappa shape index (κ3) is 2.89. The van der Waals surface area contributed by atoms with E-state index in [2.05, 4.69) is 10.2 Å². The van der Waals surface area contributed by atoms with Crippen molar-refractivity contribution >= 4 is 11.6 Å². The Morgan fingerprint density at radius 1 is 1.23 bits per heavy atom. The second-order valence-electron chi connectivity index (χ2n) is 4.80. The number of rotatable bonds is 4. The number of aromatic nitrogens is 3. The van der Waals surface area contributed by atoms with E-state index in [9.17, 15) is 4.79 Å². The quantitative estimate of drug-likeness (QED) is 0.805. The molecule has 5 nitrogen and oxygen atoms in total. The SMILES string of the molecule is COc1cccc(Cn2c(-c3ccc(Cl)cc3)n[nH]c2=O)c1. The smallest absolute Gasteiger partial charge is 0.343 e. The molecule has 1 N–H and O–H groups in total. The molecule has 0 aliphatic heterocycles. The van der Waals surface area contributed by atoms with Gasteiger partial charge >= 0.3 is 5.69 Å². The van der Waals surface area contributed by atoms with Crippen LogP contribution in [0.4, 0.5) is 0 Å². The highest BCUT2D eigenvalue weighted by Crippen LogP contribution is 2.20. The van der Waals surface area contributed by atoms with Crippen LogP contribution >= 0.6 is 11.6 Å². The molecule has 6 heteroatoms. The first-order valence-corrected chi connectivity index (χ1v) is 7.09. The summed E-state index contributed by atoms with van der Waals surface area (Å²) in [5, 5.41) is 7.24. The molecule has 22 heavy (non-hydrogen) atoms. The summed E-state index contributed by atoms with van der Waals surface area (Å²) in [6.07, 6.45) is 0. The fourth-order valence-electron chi connectivity index (χ4n) is 2.24. The van der Waals surface area contributed by atoms with Crippen LogP contribution in [-0.2, 0) is 6.54 Å². The number of nitrogens with zero attached hydrogens (tertiary/aromatic N) is 2. The monoisotopic (exact) mass is 315 g/mol. The zero-order valence-electron chi connectivity index (χ0n) is 11.9. The number of methoxy groups -OCH3 is 1. The maximum atomic E-state index is 12.0. The zero-order chi connectivity index (χ0) is 15.5. The lowest BCUT2D eigenvalue weighted by atomic mass is 10.2. The maximum absolute atomic E-state index is 12.0. The van der Waals surface area contributed by atoms with Crippen molar-refractivity contribution in [2.45, 2.75) is 6.54 Å². The number of halogens is 1. The van der Waals surface area contributed by atoms with Gasteiger partial charge in [0.15, 0.2) is 5.82 Å². The molecule has 0 saturated carbocycles. The number of ether oxygens (including phenoxy) is 1. The Hall–Kier alpha value is -2.53. The van der Waals surface area contributed by atoms with Crippen molar-refractivity contribution in [2.24, 2.45) is 0 Å². The largest absolute Gasteiger partial charge is 0.497 e. The van der Waals surface area contributed by atoms with E-state index in [0.29, 0.717) is 17.4 Å². The summed E-state index contributed by atoms with van der Waals surface area (Å²) < 4.78 is 6.79. The molecule has 0 aliphatic carbocycles. The molecule has 1 heterocycles. The van der Waals surface area contributed by atoms with E-state index in [-0.39, 0.29) is 5.69 Å². The minimum Gasteiger partial charge on any atom is -0.497 e. The molecule has 0 unspecified atom stereocenters. The van der Waals surface area contributed by atoms with E-state index < -0.39 is 0 Å². The number of hydrogen-bond donors (Lipinski definition) is 1. The molecule has 0 fully saturated rings. The van der Waals surface area contributed by atoms with Gasteiger partial charge in [-0.3, -0.25) is 4.57 Å². The Kier molecular flexibility index (Phi) is 3.98. The number of aromatic amines is 1. The number of benzene rings is 2. The summed E-state index contributed by atoms with van der Waals surface area (Å²) in [4.78, 5) is 12.0.